The molecular formula is C13H14BrN3O2S. The monoisotopic (exact) mass is 355 g/mol. The zero-order chi connectivity index (χ0) is 14.6. The molecule has 2 rings (SSSR count). The van der Waals surface area contributed by atoms with Gasteiger partial charge in [0, 0.05) is 16.4 Å². The maximum Gasteiger partial charge on any atom is 0.240 e. The van der Waals surface area contributed by atoms with Gasteiger partial charge < -0.3 is 5.32 Å². The minimum Gasteiger partial charge on any atom is -0.379 e. The first-order valence-electron chi connectivity index (χ1n) is 5.89. The van der Waals surface area contributed by atoms with Crippen LogP contribution in [0, 0.1) is 0 Å². The number of pyridine rings is 1. The van der Waals surface area contributed by atoms with Gasteiger partial charge in [-0.2, -0.15) is 0 Å². The minimum absolute atomic E-state index is 0.243. The molecule has 20 heavy (non-hydrogen) atoms. The quantitative estimate of drug-likeness (QED) is 0.863. The van der Waals surface area contributed by atoms with Crippen LogP contribution in [0.25, 0.3) is 0 Å². The van der Waals surface area contributed by atoms with Crippen molar-refractivity contribution < 1.29 is 8.42 Å². The number of nitrogens with zero attached hydrogens (tertiary/aromatic N) is 1. The molecule has 0 aliphatic rings. The van der Waals surface area contributed by atoms with Crippen molar-refractivity contribution in [2.45, 2.75) is 11.4 Å². The minimum atomic E-state index is -3.38. The fourth-order valence-electron chi connectivity index (χ4n) is 1.57. The average molecular weight is 356 g/mol. The fraction of sp³-hybridized carbons (Fsp3) is 0.154. The third-order valence-corrected chi connectivity index (χ3v) is 4.59. The lowest BCUT2D eigenvalue weighted by Crippen LogP contribution is -2.18. The van der Waals surface area contributed by atoms with E-state index in [-0.39, 0.29) is 4.90 Å². The van der Waals surface area contributed by atoms with Gasteiger partial charge in [0.1, 0.15) is 0 Å². The van der Waals surface area contributed by atoms with Gasteiger partial charge in [0.2, 0.25) is 10.0 Å². The molecule has 0 amide bonds. The Bertz CT molecular complexity index is 670. The first kappa shape index (κ1) is 15.0. The summed E-state index contributed by atoms with van der Waals surface area (Å²) in [7, 11) is -1.99. The maximum atomic E-state index is 11.6. The molecule has 1 aromatic carbocycles. The Morgan fingerprint density at radius 1 is 1.15 bits per heavy atom. The van der Waals surface area contributed by atoms with Gasteiger partial charge >= 0.3 is 0 Å². The molecule has 0 aliphatic carbocycles. The summed E-state index contributed by atoms with van der Waals surface area (Å²) in [5.41, 5.74) is 1.74. The van der Waals surface area contributed by atoms with E-state index in [1.54, 1.807) is 30.5 Å². The maximum absolute atomic E-state index is 11.6. The lowest BCUT2D eigenvalue weighted by Gasteiger charge is -2.07. The molecular weight excluding hydrogens is 342 g/mol. The van der Waals surface area contributed by atoms with Crippen molar-refractivity contribution in [3.8, 4) is 0 Å². The number of nitrogens with one attached hydrogen (secondary N) is 2. The lowest BCUT2D eigenvalue weighted by atomic mass is 10.3. The van der Waals surface area contributed by atoms with Crippen LogP contribution < -0.4 is 10.0 Å². The zero-order valence-electron chi connectivity index (χ0n) is 10.8. The van der Waals surface area contributed by atoms with Gasteiger partial charge in [0.25, 0.3) is 0 Å². The van der Waals surface area contributed by atoms with Gasteiger partial charge in [-0.05, 0) is 59.4 Å². The smallest absolute Gasteiger partial charge is 0.240 e. The highest BCUT2D eigenvalue weighted by Crippen LogP contribution is 2.15. The first-order valence-corrected chi connectivity index (χ1v) is 8.17. The van der Waals surface area contributed by atoms with E-state index in [0.29, 0.717) is 6.54 Å². The summed E-state index contributed by atoms with van der Waals surface area (Å²) in [6, 6.07) is 10.4. The molecule has 5 nitrogen and oxygen atoms in total. The fourth-order valence-corrected chi connectivity index (χ4v) is 2.54. The van der Waals surface area contributed by atoms with Crippen molar-refractivity contribution in [3.05, 3.63) is 52.8 Å². The summed E-state index contributed by atoms with van der Waals surface area (Å²) in [5.74, 6) is 0. The summed E-state index contributed by atoms with van der Waals surface area (Å²) in [6.45, 7) is 0.575. The Balaban J connectivity index is 2.03. The van der Waals surface area contributed by atoms with E-state index in [4.69, 9.17) is 0 Å². The highest BCUT2D eigenvalue weighted by Gasteiger charge is 2.10. The number of anilines is 1. The molecule has 106 valence electrons. The largest absolute Gasteiger partial charge is 0.379 e. The molecule has 7 heteroatoms. The Kier molecular flexibility index (Phi) is 4.74. The molecule has 0 saturated heterocycles. The Morgan fingerprint density at radius 3 is 2.40 bits per heavy atom. The number of rotatable bonds is 5. The van der Waals surface area contributed by atoms with E-state index < -0.39 is 10.0 Å². The summed E-state index contributed by atoms with van der Waals surface area (Å²) in [6.07, 6.45) is 1.74. The van der Waals surface area contributed by atoms with Crippen molar-refractivity contribution in [3.63, 3.8) is 0 Å². The van der Waals surface area contributed by atoms with Crippen LogP contribution in [0.1, 0.15) is 5.69 Å². The van der Waals surface area contributed by atoms with Crippen LogP contribution in [0.3, 0.4) is 0 Å². The van der Waals surface area contributed by atoms with Crippen molar-refractivity contribution in [1.82, 2.24) is 9.71 Å². The van der Waals surface area contributed by atoms with Crippen LogP contribution in [-0.4, -0.2) is 20.4 Å². The Morgan fingerprint density at radius 2 is 1.85 bits per heavy atom. The number of hydrogen-bond acceptors (Lipinski definition) is 4. The molecule has 2 aromatic rings. The number of sulfonamides is 1. The van der Waals surface area contributed by atoms with E-state index in [9.17, 15) is 8.42 Å². The standard InChI is InChI=1S/C13H14BrN3O2S/c1-15-20(18,19)13-6-4-11(5-7-13)17-9-12-3-2-10(14)8-16-12/h2-8,15,17H,9H2,1H3. The van der Waals surface area contributed by atoms with Gasteiger partial charge in [-0.3, -0.25) is 4.98 Å². The highest BCUT2D eigenvalue weighted by atomic mass is 79.9. The predicted octanol–water partition coefficient (Wildman–Crippen LogP) is 2.36. The SMILES string of the molecule is CNS(=O)(=O)c1ccc(NCc2ccc(Br)cn2)cc1. The molecule has 0 bridgehead atoms. The third-order valence-electron chi connectivity index (χ3n) is 2.70. The normalized spacial score (nSPS) is 11.3. The van der Waals surface area contributed by atoms with Crippen molar-refractivity contribution in [1.29, 1.82) is 0 Å². The highest BCUT2D eigenvalue weighted by molar-refractivity contribution is 9.10. The van der Waals surface area contributed by atoms with Crippen LogP contribution in [0.2, 0.25) is 0 Å². The van der Waals surface area contributed by atoms with Crippen LogP contribution in [-0.2, 0) is 16.6 Å². The average Bonchev–Trinajstić information content (AvgIpc) is 2.47. The number of halogens is 1. The number of hydrogen-bond donors (Lipinski definition) is 2. The second kappa shape index (κ2) is 6.34. The predicted molar refractivity (Wildman–Crippen MR) is 82.0 cm³/mol. The van der Waals surface area contributed by atoms with Crippen LogP contribution in [0.4, 0.5) is 5.69 Å². The summed E-state index contributed by atoms with van der Waals surface area (Å²) >= 11 is 3.33. The third kappa shape index (κ3) is 3.78. The van der Waals surface area contributed by atoms with Gasteiger partial charge in [-0.15, -0.1) is 0 Å². The molecule has 2 N–H and O–H groups in total. The topological polar surface area (TPSA) is 71.1 Å². The molecule has 0 spiro atoms. The van der Waals surface area contributed by atoms with Crippen LogP contribution in [0.5, 0.6) is 0 Å². The second-order valence-corrected chi connectivity index (χ2v) is 6.86. The zero-order valence-corrected chi connectivity index (χ0v) is 13.2. The Labute approximate surface area is 126 Å². The van der Waals surface area contributed by atoms with E-state index in [2.05, 4.69) is 31.0 Å². The van der Waals surface area contributed by atoms with Gasteiger partial charge in [-0.25, -0.2) is 13.1 Å². The molecule has 0 radical (unpaired) electrons. The molecule has 0 saturated carbocycles. The van der Waals surface area contributed by atoms with Crippen molar-refractivity contribution in [2.24, 2.45) is 0 Å². The molecule has 1 aromatic heterocycles. The van der Waals surface area contributed by atoms with E-state index >= 15 is 0 Å². The van der Waals surface area contributed by atoms with Crippen LogP contribution >= 0.6 is 15.9 Å². The summed E-state index contributed by atoms with van der Waals surface area (Å²) < 4.78 is 26.4. The summed E-state index contributed by atoms with van der Waals surface area (Å²) in [5, 5.41) is 3.18. The number of benzene rings is 1. The summed E-state index contributed by atoms with van der Waals surface area (Å²) in [4.78, 5) is 4.49. The van der Waals surface area contributed by atoms with Gasteiger partial charge in [-0.1, -0.05) is 0 Å². The van der Waals surface area contributed by atoms with Crippen LogP contribution in [0.15, 0.2) is 52.0 Å². The Hall–Kier alpha value is -1.44. The van der Waals surface area contributed by atoms with E-state index in [1.807, 2.05) is 12.1 Å². The molecule has 0 aliphatic heterocycles. The van der Waals surface area contributed by atoms with Crippen molar-refractivity contribution in [2.75, 3.05) is 12.4 Å². The molecule has 0 atom stereocenters. The van der Waals surface area contributed by atoms with Gasteiger partial charge in [0.05, 0.1) is 17.1 Å². The van der Waals surface area contributed by atoms with Gasteiger partial charge in [0.15, 0.2) is 0 Å². The lowest BCUT2D eigenvalue weighted by molar-refractivity contribution is 0.588. The second-order valence-electron chi connectivity index (χ2n) is 4.05. The number of aromatic nitrogens is 1. The van der Waals surface area contributed by atoms with E-state index in [1.165, 1.54) is 7.05 Å². The van der Waals surface area contributed by atoms with E-state index in [0.717, 1.165) is 15.9 Å². The molecule has 0 unspecified atom stereocenters. The molecule has 0 fully saturated rings. The van der Waals surface area contributed by atoms with Crippen molar-refractivity contribution >= 4 is 31.6 Å². The first-order chi connectivity index (χ1) is 9.51. The molecule has 1 heterocycles.